The molecule has 1 amide bonds. The molecular weight excluding hydrogens is 388 g/mol. The number of nitrogens with zero attached hydrogens (tertiary/aromatic N) is 3. The van der Waals surface area contributed by atoms with Crippen molar-refractivity contribution in [2.24, 2.45) is 0 Å². The Balaban J connectivity index is 1.65. The van der Waals surface area contributed by atoms with E-state index >= 15 is 0 Å². The number of hydrogen-bond acceptors (Lipinski definition) is 4. The fourth-order valence-corrected chi connectivity index (χ4v) is 4.19. The number of carbonyl (C=O) groups is 1. The SMILES string of the molecule is CN(C)S(=O)(=O)N(C)c1ccc(C(=O)Nc2ccc(N3CCCCC3)cc2)cc1. The molecule has 2 aromatic carbocycles. The Labute approximate surface area is 173 Å². The average molecular weight is 417 g/mol. The van der Waals surface area contributed by atoms with Crippen molar-refractivity contribution in [3.63, 3.8) is 0 Å². The Morgan fingerprint density at radius 3 is 2.03 bits per heavy atom. The predicted molar refractivity (Wildman–Crippen MR) is 118 cm³/mol. The number of rotatable bonds is 6. The smallest absolute Gasteiger partial charge is 0.303 e. The van der Waals surface area contributed by atoms with Crippen LogP contribution in [0.5, 0.6) is 0 Å². The molecule has 0 unspecified atom stereocenters. The second-order valence-electron chi connectivity index (χ2n) is 7.35. The molecule has 1 heterocycles. The number of carbonyl (C=O) groups excluding carboxylic acids is 1. The van der Waals surface area contributed by atoms with Gasteiger partial charge in [-0.05, 0) is 67.8 Å². The highest BCUT2D eigenvalue weighted by Gasteiger charge is 2.21. The third-order valence-electron chi connectivity index (χ3n) is 5.15. The van der Waals surface area contributed by atoms with E-state index in [0.717, 1.165) is 23.1 Å². The van der Waals surface area contributed by atoms with Crippen LogP contribution in [0, 0.1) is 0 Å². The Morgan fingerprint density at radius 2 is 1.48 bits per heavy atom. The second kappa shape index (κ2) is 8.84. The summed E-state index contributed by atoms with van der Waals surface area (Å²) in [5.41, 5.74) is 2.86. The van der Waals surface area contributed by atoms with Gasteiger partial charge in [0.25, 0.3) is 5.91 Å². The molecule has 0 spiro atoms. The minimum absolute atomic E-state index is 0.236. The van der Waals surface area contributed by atoms with Crippen molar-refractivity contribution in [3.05, 3.63) is 54.1 Å². The Bertz CT molecular complexity index is 935. The molecule has 29 heavy (non-hydrogen) atoms. The van der Waals surface area contributed by atoms with Gasteiger partial charge in [0.05, 0.1) is 5.69 Å². The molecule has 8 heteroatoms. The molecule has 0 aromatic heterocycles. The molecule has 1 aliphatic rings. The quantitative estimate of drug-likeness (QED) is 0.785. The summed E-state index contributed by atoms with van der Waals surface area (Å²) in [4.78, 5) is 14.9. The van der Waals surface area contributed by atoms with Crippen molar-refractivity contribution in [1.29, 1.82) is 0 Å². The second-order valence-corrected chi connectivity index (χ2v) is 9.53. The van der Waals surface area contributed by atoms with Gasteiger partial charge in [-0.2, -0.15) is 12.7 Å². The van der Waals surface area contributed by atoms with Crippen molar-refractivity contribution < 1.29 is 13.2 Å². The predicted octanol–water partition coefficient (Wildman–Crippen LogP) is 3.17. The lowest BCUT2D eigenvalue weighted by Gasteiger charge is -2.28. The first-order chi connectivity index (χ1) is 13.8. The molecule has 1 N–H and O–H groups in total. The van der Waals surface area contributed by atoms with Crippen LogP contribution in [0.1, 0.15) is 29.6 Å². The Morgan fingerprint density at radius 1 is 0.897 bits per heavy atom. The van der Waals surface area contributed by atoms with Crippen LogP contribution in [0.15, 0.2) is 48.5 Å². The molecule has 1 fully saturated rings. The van der Waals surface area contributed by atoms with Gasteiger partial charge >= 0.3 is 10.2 Å². The van der Waals surface area contributed by atoms with Gasteiger partial charge in [-0.25, -0.2) is 0 Å². The highest BCUT2D eigenvalue weighted by molar-refractivity contribution is 7.90. The topological polar surface area (TPSA) is 73.0 Å². The van der Waals surface area contributed by atoms with Gasteiger partial charge in [0.1, 0.15) is 0 Å². The Kier molecular flexibility index (Phi) is 6.44. The molecule has 156 valence electrons. The van der Waals surface area contributed by atoms with Crippen molar-refractivity contribution in [1.82, 2.24) is 4.31 Å². The van der Waals surface area contributed by atoms with Gasteiger partial charge < -0.3 is 10.2 Å². The van der Waals surface area contributed by atoms with E-state index in [-0.39, 0.29) is 5.91 Å². The number of anilines is 3. The molecule has 3 rings (SSSR count). The molecular formula is C21H28N4O3S. The van der Waals surface area contributed by atoms with Crippen molar-refractivity contribution in [2.75, 3.05) is 48.8 Å². The van der Waals surface area contributed by atoms with Crippen molar-refractivity contribution in [3.8, 4) is 0 Å². The lowest BCUT2D eigenvalue weighted by atomic mass is 10.1. The van der Waals surface area contributed by atoms with Crippen LogP contribution in [0.3, 0.4) is 0 Å². The summed E-state index contributed by atoms with van der Waals surface area (Å²) >= 11 is 0. The van der Waals surface area contributed by atoms with Crippen molar-refractivity contribution in [2.45, 2.75) is 19.3 Å². The fourth-order valence-electron chi connectivity index (χ4n) is 3.31. The number of piperidine rings is 1. The normalized spacial score (nSPS) is 14.7. The van der Waals surface area contributed by atoms with Gasteiger partial charge in [-0.1, -0.05) is 0 Å². The summed E-state index contributed by atoms with van der Waals surface area (Å²) in [7, 11) is 0.870. The van der Waals surface area contributed by atoms with Crippen LogP contribution in [0.25, 0.3) is 0 Å². The van der Waals surface area contributed by atoms with Crippen LogP contribution < -0.4 is 14.5 Å². The van der Waals surface area contributed by atoms with E-state index in [1.165, 1.54) is 50.4 Å². The molecule has 7 nitrogen and oxygen atoms in total. The van der Waals surface area contributed by atoms with Crippen LogP contribution in [0.2, 0.25) is 0 Å². The van der Waals surface area contributed by atoms with Crippen LogP contribution >= 0.6 is 0 Å². The third-order valence-corrected chi connectivity index (χ3v) is 6.97. The van der Waals surface area contributed by atoms with Crippen LogP contribution in [-0.2, 0) is 10.2 Å². The maximum Gasteiger partial charge on any atom is 0.303 e. The zero-order chi connectivity index (χ0) is 21.0. The molecule has 0 saturated carbocycles. The van der Waals surface area contributed by atoms with E-state index in [2.05, 4.69) is 10.2 Å². The van der Waals surface area contributed by atoms with Crippen LogP contribution in [0.4, 0.5) is 17.1 Å². The first-order valence-electron chi connectivity index (χ1n) is 9.72. The number of amides is 1. The average Bonchev–Trinajstić information content (AvgIpc) is 2.74. The van der Waals surface area contributed by atoms with E-state index in [9.17, 15) is 13.2 Å². The monoisotopic (exact) mass is 416 g/mol. The minimum Gasteiger partial charge on any atom is -0.372 e. The molecule has 0 radical (unpaired) electrons. The molecule has 1 aliphatic heterocycles. The maximum absolute atomic E-state index is 12.5. The van der Waals surface area contributed by atoms with E-state index < -0.39 is 10.2 Å². The van der Waals surface area contributed by atoms with Gasteiger partial charge in [0, 0.05) is 51.2 Å². The van der Waals surface area contributed by atoms with Gasteiger partial charge in [-0.3, -0.25) is 9.10 Å². The fraction of sp³-hybridized carbons (Fsp3) is 0.381. The number of nitrogens with one attached hydrogen (secondary N) is 1. The van der Waals surface area contributed by atoms with Gasteiger partial charge in [0.15, 0.2) is 0 Å². The standard InChI is InChI=1S/C21H28N4O3S/c1-23(2)29(27,28)24(3)19-11-7-17(8-12-19)21(26)22-18-9-13-20(14-10-18)25-15-5-4-6-16-25/h7-14H,4-6,15-16H2,1-3H3,(H,22,26). The first kappa shape index (κ1) is 21.1. The summed E-state index contributed by atoms with van der Waals surface area (Å²) in [5, 5.41) is 2.89. The highest BCUT2D eigenvalue weighted by atomic mass is 32.2. The van der Waals surface area contributed by atoms with Crippen LogP contribution in [-0.4, -0.2) is 52.9 Å². The molecule has 0 bridgehead atoms. The lowest BCUT2D eigenvalue weighted by Crippen LogP contribution is -2.37. The molecule has 0 aliphatic carbocycles. The molecule has 1 saturated heterocycles. The highest BCUT2D eigenvalue weighted by Crippen LogP contribution is 2.23. The summed E-state index contributed by atoms with van der Waals surface area (Å²) in [6.07, 6.45) is 3.74. The van der Waals surface area contributed by atoms with E-state index in [0.29, 0.717) is 11.3 Å². The summed E-state index contributed by atoms with van der Waals surface area (Å²) in [6, 6.07) is 14.4. The van der Waals surface area contributed by atoms with Crippen molar-refractivity contribution >= 4 is 33.2 Å². The summed E-state index contributed by atoms with van der Waals surface area (Å²) in [6.45, 7) is 2.16. The molecule has 2 aromatic rings. The van der Waals surface area contributed by atoms with E-state index in [1.807, 2.05) is 24.3 Å². The van der Waals surface area contributed by atoms with E-state index in [4.69, 9.17) is 0 Å². The van der Waals surface area contributed by atoms with Gasteiger partial charge in [-0.15, -0.1) is 0 Å². The van der Waals surface area contributed by atoms with Gasteiger partial charge in [0.2, 0.25) is 0 Å². The largest absolute Gasteiger partial charge is 0.372 e. The Hall–Kier alpha value is -2.58. The number of hydrogen-bond donors (Lipinski definition) is 1. The summed E-state index contributed by atoms with van der Waals surface area (Å²) in [5.74, 6) is -0.236. The molecule has 0 atom stereocenters. The maximum atomic E-state index is 12.5. The van der Waals surface area contributed by atoms with E-state index in [1.54, 1.807) is 24.3 Å². The zero-order valence-corrected chi connectivity index (χ0v) is 17.9. The zero-order valence-electron chi connectivity index (χ0n) is 17.1. The third kappa shape index (κ3) is 4.89. The number of benzene rings is 2. The summed E-state index contributed by atoms with van der Waals surface area (Å²) < 4.78 is 26.7. The first-order valence-corrected chi connectivity index (χ1v) is 11.1. The minimum atomic E-state index is -3.56. The lowest BCUT2D eigenvalue weighted by molar-refractivity contribution is 0.102.